The minimum Gasteiger partial charge on any atom is -0.336 e. The molecule has 3 heterocycles. The highest BCUT2D eigenvalue weighted by atomic mass is 19.4. The van der Waals surface area contributed by atoms with Crippen LogP contribution in [0.25, 0.3) is 16.6 Å². The van der Waals surface area contributed by atoms with E-state index >= 15 is 0 Å². The van der Waals surface area contributed by atoms with Gasteiger partial charge in [-0.1, -0.05) is 42.0 Å². The van der Waals surface area contributed by atoms with Gasteiger partial charge < -0.3 is 4.90 Å². The molecule has 9 heteroatoms. The standard InChI is InChI=1S/C26H24F3N5O/c1-18-7-9-21(10-8-18)34-24(26(27,28)29)22(16-31-34)25(35)33-14-12-32(13-15-33)17-20-5-2-4-19-6-3-11-30-23(19)20/h2-11,16H,12-15,17H2,1H3. The highest BCUT2D eigenvalue weighted by molar-refractivity contribution is 5.95. The SMILES string of the molecule is Cc1ccc(-n2ncc(C(=O)N3CCN(Cc4cccc5cccnc45)CC3)c2C(F)(F)F)cc1. The topological polar surface area (TPSA) is 54.3 Å². The predicted molar refractivity (Wildman–Crippen MR) is 126 cm³/mol. The van der Waals surface area contributed by atoms with Crippen LogP contribution < -0.4 is 0 Å². The van der Waals surface area contributed by atoms with Crippen LogP contribution in [0, 0.1) is 6.92 Å². The maximum Gasteiger partial charge on any atom is 0.434 e. The van der Waals surface area contributed by atoms with Crippen LogP contribution in [0.4, 0.5) is 13.2 Å². The second-order valence-electron chi connectivity index (χ2n) is 8.71. The summed E-state index contributed by atoms with van der Waals surface area (Å²) in [5.74, 6) is -0.651. The number of hydrogen-bond acceptors (Lipinski definition) is 4. The van der Waals surface area contributed by atoms with Gasteiger partial charge >= 0.3 is 6.18 Å². The molecule has 5 rings (SSSR count). The Hall–Kier alpha value is -3.72. The van der Waals surface area contributed by atoms with Crippen molar-refractivity contribution in [3.8, 4) is 5.69 Å². The van der Waals surface area contributed by atoms with E-state index in [-0.39, 0.29) is 5.69 Å². The predicted octanol–water partition coefficient (Wildman–Crippen LogP) is 4.71. The Morgan fingerprint density at radius 1 is 0.971 bits per heavy atom. The summed E-state index contributed by atoms with van der Waals surface area (Å²) in [7, 11) is 0. The molecule has 1 aliphatic heterocycles. The monoisotopic (exact) mass is 479 g/mol. The summed E-state index contributed by atoms with van der Waals surface area (Å²) in [6.07, 6.45) is -1.94. The zero-order valence-electron chi connectivity index (χ0n) is 19.2. The molecule has 0 aliphatic carbocycles. The average molecular weight is 480 g/mol. The zero-order valence-corrected chi connectivity index (χ0v) is 19.2. The number of halogens is 3. The van der Waals surface area contributed by atoms with Gasteiger partial charge in [-0.2, -0.15) is 18.3 Å². The molecule has 0 spiro atoms. The van der Waals surface area contributed by atoms with E-state index in [1.807, 2.05) is 37.3 Å². The van der Waals surface area contributed by atoms with Crippen molar-refractivity contribution in [3.63, 3.8) is 0 Å². The number of alkyl halides is 3. The molecule has 1 aliphatic rings. The normalized spacial score (nSPS) is 15.0. The lowest BCUT2D eigenvalue weighted by atomic mass is 10.1. The number of hydrogen-bond donors (Lipinski definition) is 0. The zero-order chi connectivity index (χ0) is 24.6. The first-order valence-electron chi connectivity index (χ1n) is 11.4. The number of fused-ring (bicyclic) bond motifs is 1. The third-order valence-corrected chi connectivity index (χ3v) is 6.32. The molecule has 0 unspecified atom stereocenters. The van der Waals surface area contributed by atoms with Crippen molar-refractivity contribution in [1.82, 2.24) is 24.6 Å². The molecule has 2 aromatic carbocycles. The smallest absolute Gasteiger partial charge is 0.336 e. The molecule has 6 nitrogen and oxygen atoms in total. The van der Waals surface area contributed by atoms with Gasteiger partial charge in [-0.15, -0.1) is 0 Å². The van der Waals surface area contributed by atoms with Crippen molar-refractivity contribution >= 4 is 16.8 Å². The van der Waals surface area contributed by atoms with E-state index in [2.05, 4.69) is 15.0 Å². The molecule has 0 bridgehead atoms. The Balaban J connectivity index is 1.32. The fourth-order valence-electron chi connectivity index (χ4n) is 4.47. The largest absolute Gasteiger partial charge is 0.434 e. The fraction of sp³-hybridized carbons (Fsp3) is 0.269. The molecule has 0 radical (unpaired) electrons. The summed E-state index contributed by atoms with van der Waals surface area (Å²) in [5.41, 5.74) is 1.73. The first-order valence-corrected chi connectivity index (χ1v) is 11.4. The van der Waals surface area contributed by atoms with Gasteiger partial charge in [0.2, 0.25) is 0 Å². The third kappa shape index (κ3) is 4.64. The third-order valence-electron chi connectivity index (χ3n) is 6.32. The molecule has 4 aromatic rings. The molecule has 2 aromatic heterocycles. The van der Waals surface area contributed by atoms with Crippen molar-refractivity contribution in [1.29, 1.82) is 0 Å². The van der Waals surface area contributed by atoms with E-state index in [1.165, 1.54) is 4.90 Å². The van der Waals surface area contributed by atoms with Crippen LogP contribution in [0.3, 0.4) is 0 Å². The molecule has 1 amide bonds. The summed E-state index contributed by atoms with van der Waals surface area (Å²) in [5, 5.41) is 4.99. The quantitative estimate of drug-likeness (QED) is 0.426. The number of para-hydroxylation sites is 1. The Kier molecular flexibility index (Phi) is 6.02. The first-order chi connectivity index (χ1) is 16.8. The Labute approximate surface area is 200 Å². The van der Waals surface area contributed by atoms with Crippen LogP contribution >= 0.6 is 0 Å². The Morgan fingerprint density at radius 2 is 1.69 bits per heavy atom. The lowest BCUT2D eigenvalue weighted by Gasteiger charge is -2.35. The summed E-state index contributed by atoms with van der Waals surface area (Å²) >= 11 is 0. The van der Waals surface area contributed by atoms with Crippen molar-refractivity contribution in [2.75, 3.05) is 26.2 Å². The van der Waals surface area contributed by atoms with E-state index in [4.69, 9.17) is 0 Å². The van der Waals surface area contributed by atoms with Gasteiger partial charge in [-0.25, -0.2) is 4.68 Å². The minimum absolute atomic E-state index is 0.260. The van der Waals surface area contributed by atoms with Gasteiger partial charge in [0.25, 0.3) is 5.91 Å². The van der Waals surface area contributed by atoms with Crippen LogP contribution in [-0.4, -0.2) is 56.7 Å². The van der Waals surface area contributed by atoms with Crippen LogP contribution in [0.5, 0.6) is 0 Å². The van der Waals surface area contributed by atoms with Crippen molar-refractivity contribution in [2.24, 2.45) is 0 Å². The molecular formula is C26H24F3N5O. The van der Waals surface area contributed by atoms with Crippen LogP contribution in [0.1, 0.15) is 27.2 Å². The van der Waals surface area contributed by atoms with E-state index in [0.717, 1.165) is 32.9 Å². The highest BCUT2D eigenvalue weighted by Crippen LogP contribution is 2.34. The lowest BCUT2D eigenvalue weighted by Crippen LogP contribution is -2.48. The van der Waals surface area contributed by atoms with Crippen molar-refractivity contribution < 1.29 is 18.0 Å². The van der Waals surface area contributed by atoms with Crippen molar-refractivity contribution in [3.05, 3.63) is 89.4 Å². The van der Waals surface area contributed by atoms with Gasteiger partial charge in [0, 0.05) is 44.3 Å². The number of carbonyl (C=O) groups excluding carboxylic acids is 1. The summed E-state index contributed by atoms with van der Waals surface area (Å²) in [6, 6.07) is 16.5. The number of aromatic nitrogens is 3. The van der Waals surface area contributed by atoms with Gasteiger partial charge in [0.05, 0.1) is 23.0 Å². The van der Waals surface area contributed by atoms with Crippen LogP contribution in [0.2, 0.25) is 0 Å². The number of nitrogens with zero attached hydrogens (tertiary/aromatic N) is 5. The minimum atomic E-state index is -4.73. The number of amides is 1. The summed E-state index contributed by atoms with van der Waals surface area (Å²) < 4.78 is 42.9. The first kappa shape index (κ1) is 23.0. The van der Waals surface area contributed by atoms with E-state index in [0.29, 0.717) is 32.7 Å². The molecule has 0 atom stereocenters. The van der Waals surface area contributed by atoms with Crippen LogP contribution in [-0.2, 0) is 12.7 Å². The number of piperazine rings is 1. The second kappa shape index (κ2) is 9.14. The molecule has 1 fully saturated rings. The van der Waals surface area contributed by atoms with Gasteiger partial charge in [0.15, 0.2) is 5.69 Å². The molecule has 35 heavy (non-hydrogen) atoms. The average Bonchev–Trinajstić information content (AvgIpc) is 3.31. The maximum atomic E-state index is 14.0. The lowest BCUT2D eigenvalue weighted by molar-refractivity contribution is -0.143. The van der Waals surface area contributed by atoms with E-state index < -0.39 is 23.3 Å². The molecular weight excluding hydrogens is 455 g/mol. The Morgan fingerprint density at radius 3 is 2.40 bits per heavy atom. The van der Waals surface area contributed by atoms with Gasteiger partial charge in [-0.3, -0.25) is 14.7 Å². The van der Waals surface area contributed by atoms with Crippen LogP contribution in [0.15, 0.2) is 67.0 Å². The number of benzene rings is 2. The molecule has 1 saturated heterocycles. The van der Waals surface area contributed by atoms with E-state index in [1.54, 1.807) is 30.5 Å². The molecule has 180 valence electrons. The maximum absolute atomic E-state index is 14.0. The van der Waals surface area contributed by atoms with E-state index in [9.17, 15) is 18.0 Å². The van der Waals surface area contributed by atoms with Crippen molar-refractivity contribution in [2.45, 2.75) is 19.6 Å². The number of rotatable bonds is 4. The molecule has 0 saturated carbocycles. The molecule has 0 N–H and O–H groups in total. The Bertz CT molecular complexity index is 1350. The second-order valence-corrected chi connectivity index (χ2v) is 8.71. The highest BCUT2D eigenvalue weighted by Gasteiger charge is 2.41. The number of aryl methyl sites for hydroxylation is 1. The number of pyridine rings is 1. The van der Waals surface area contributed by atoms with Gasteiger partial charge in [0.1, 0.15) is 0 Å². The summed E-state index contributed by atoms with van der Waals surface area (Å²) in [4.78, 5) is 21.3. The summed E-state index contributed by atoms with van der Waals surface area (Å²) in [6.45, 7) is 4.30. The van der Waals surface area contributed by atoms with Gasteiger partial charge in [-0.05, 0) is 30.7 Å². The number of carbonyl (C=O) groups is 1. The fourth-order valence-corrected chi connectivity index (χ4v) is 4.47.